The number of hydrogen-bond acceptors (Lipinski definition) is 3. The predicted molar refractivity (Wildman–Crippen MR) is 120 cm³/mol. The summed E-state index contributed by atoms with van der Waals surface area (Å²) in [7, 11) is 3.96. The minimum Gasteiger partial charge on any atom is -0.377 e. The van der Waals surface area contributed by atoms with Gasteiger partial charge in [-0.3, -0.25) is 9.59 Å². The Balaban J connectivity index is 2.32. The molecule has 1 N–H and O–H groups in total. The second-order valence-corrected chi connectivity index (χ2v) is 8.12. The van der Waals surface area contributed by atoms with Crippen molar-refractivity contribution in [3.63, 3.8) is 0 Å². The van der Waals surface area contributed by atoms with Crippen LogP contribution >= 0.6 is 0 Å². The highest BCUT2D eigenvalue weighted by molar-refractivity contribution is 5.91. The molecule has 2 aromatic rings. The first kappa shape index (κ1) is 22.5. The molecule has 0 spiro atoms. The molecular formula is C24H33N3O2. The van der Waals surface area contributed by atoms with Gasteiger partial charge in [0.05, 0.1) is 6.04 Å². The van der Waals surface area contributed by atoms with Crippen LogP contribution < -0.4 is 10.2 Å². The van der Waals surface area contributed by atoms with Crippen LogP contribution in [-0.4, -0.2) is 30.8 Å². The van der Waals surface area contributed by atoms with Crippen LogP contribution in [0.5, 0.6) is 0 Å². The van der Waals surface area contributed by atoms with Crippen molar-refractivity contribution in [3.8, 4) is 0 Å². The lowest BCUT2D eigenvalue weighted by Gasteiger charge is -2.30. The third kappa shape index (κ3) is 6.34. The molecule has 0 aliphatic heterocycles. The topological polar surface area (TPSA) is 52.7 Å². The van der Waals surface area contributed by atoms with Crippen LogP contribution in [0.25, 0.3) is 0 Å². The number of hydrogen-bond donors (Lipinski definition) is 1. The van der Waals surface area contributed by atoms with E-state index in [4.69, 9.17) is 0 Å². The van der Waals surface area contributed by atoms with E-state index in [-0.39, 0.29) is 17.9 Å². The lowest BCUT2D eigenvalue weighted by Crippen LogP contribution is -2.31. The molecule has 0 aromatic heterocycles. The molecule has 0 heterocycles. The van der Waals surface area contributed by atoms with E-state index in [0.717, 1.165) is 22.5 Å². The minimum absolute atomic E-state index is 0.00429. The zero-order chi connectivity index (χ0) is 21.6. The second kappa shape index (κ2) is 10.1. The van der Waals surface area contributed by atoms with E-state index in [1.165, 1.54) is 0 Å². The normalized spacial score (nSPS) is 11.8. The molecule has 5 nitrogen and oxygen atoms in total. The van der Waals surface area contributed by atoms with Gasteiger partial charge in [-0.15, -0.1) is 0 Å². The largest absolute Gasteiger partial charge is 0.377 e. The summed E-state index contributed by atoms with van der Waals surface area (Å²) in [6.45, 7) is 8.15. The maximum Gasteiger partial charge on any atom is 0.224 e. The Morgan fingerprint density at radius 2 is 1.66 bits per heavy atom. The molecule has 0 aliphatic rings. The van der Waals surface area contributed by atoms with E-state index in [1.54, 1.807) is 6.92 Å². The second-order valence-electron chi connectivity index (χ2n) is 8.12. The Hall–Kier alpha value is -2.82. The van der Waals surface area contributed by atoms with Crippen LogP contribution in [0.3, 0.4) is 0 Å². The van der Waals surface area contributed by atoms with Gasteiger partial charge >= 0.3 is 0 Å². The fraction of sp³-hybridized carbons (Fsp3) is 0.417. The minimum atomic E-state index is -0.0529. The molecule has 2 rings (SSSR count). The van der Waals surface area contributed by atoms with E-state index >= 15 is 0 Å². The Morgan fingerprint density at radius 1 is 1.00 bits per heavy atom. The van der Waals surface area contributed by atoms with Crippen molar-refractivity contribution in [2.75, 3.05) is 24.3 Å². The van der Waals surface area contributed by atoms with Gasteiger partial charge < -0.3 is 15.1 Å². The summed E-state index contributed by atoms with van der Waals surface area (Å²) in [6.07, 6.45) is 0.482. The van der Waals surface area contributed by atoms with Crippen molar-refractivity contribution >= 4 is 23.2 Å². The number of carbonyl (C=O) groups excluding carboxylic acids is 2. The highest BCUT2D eigenvalue weighted by Crippen LogP contribution is 2.28. The summed E-state index contributed by atoms with van der Waals surface area (Å²) in [5, 5.41) is 2.98. The molecule has 2 amide bonds. The molecule has 5 heteroatoms. The van der Waals surface area contributed by atoms with Crippen LogP contribution in [0.15, 0.2) is 48.5 Å². The first-order valence-corrected chi connectivity index (χ1v) is 10.1. The van der Waals surface area contributed by atoms with Crippen molar-refractivity contribution in [2.45, 2.75) is 46.7 Å². The summed E-state index contributed by atoms with van der Waals surface area (Å²) in [5.74, 6) is 0.320. The standard InChI is InChI=1S/C24H33N3O2/c1-17(2)14-24(29)25-22-12-13-23(26(5)6)21(15-22)16-27(19(4)28)18(3)20-10-8-7-9-11-20/h7-13,15,17-18H,14,16H2,1-6H3,(H,25,29)/t18-/m0/s1. The molecule has 0 radical (unpaired) electrons. The number of amides is 2. The number of anilines is 2. The first-order chi connectivity index (χ1) is 13.7. The third-order valence-electron chi connectivity index (χ3n) is 4.93. The van der Waals surface area contributed by atoms with Gasteiger partial charge in [-0.25, -0.2) is 0 Å². The van der Waals surface area contributed by atoms with Crippen molar-refractivity contribution in [1.29, 1.82) is 0 Å². The van der Waals surface area contributed by atoms with Gasteiger partial charge in [0, 0.05) is 45.4 Å². The Bertz CT molecular complexity index is 831. The lowest BCUT2D eigenvalue weighted by atomic mass is 10.0. The fourth-order valence-corrected chi connectivity index (χ4v) is 3.42. The average molecular weight is 396 g/mol. The molecular weight excluding hydrogens is 362 g/mol. The summed E-state index contributed by atoms with van der Waals surface area (Å²) in [6, 6.07) is 15.8. The van der Waals surface area contributed by atoms with Crippen molar-refractivity contribution in [1.82, 2.24) is 4.90 Å². The fourth-order valence-electron chi connectivity index (χ4n) is 3.42. The van der Waals surface area contributed by atoms with E-state index in [1.807, 2.05) is 93.2 Å². The molecule has 2 aromatic carbocycles. The Morgan fingerprint density at radius 3 is 2.21 bits per heavy atom. The van der Waals surface area contributed by atoms with Gasteiger partial charge in [-0.05, 0) is 42.2 Å². The van der Waals surface area contributed by atoms with E-state index in [2.05, 4.69) is 5.32 Å². The van der Waals surface area contributed by atoms with E-state index in [9.17, 15) is 9.59 Å². The Labute approximate surface area is 174 Å². The molecule has 0 saturated heterocycles. The van der Waals surface area contributed by atoms with Crippen LogP contribution in [0, 0.1) is 5.92 Å². The Kier molecular flexibility index (Phi) is 7.82. The van der Waals surface area contributed by atoms with Crippen molar-refractivity contribution in [2.24, 2.45) is 5.92 Å². The van der Waals surface area contributed by atoms with Crippen LogP contribution in [-0.2, 0) is 16.1 Å². The average Bonchev–Trinajstić information content (AvgIpc) is 2.65. The van der Waals surface area contributed by atoms with Crippen LogP contribution in [0.2, 0.25) is 0 Å². The van der Waals surface area contributed by atoms with Gasteiger partial charge in [-0.2, -0.15) is 0 Å². The quantitative estimate of drug-likeness (QED) is 0.695. The van der Waals surface area contributed by atoms with Gasteiger partial charge in [0.25, 0.3) is 0 Å². The van der Waals surface area contributed by atoms with E-state index < -0.39 is 0 Å². The molecule has 0 saturated carbocycles. The van der Waals surface area contributed by atoms with Gasteiger partial charge in [0.1, 0.15) is 0 Å². The summed E-state index contributed by atoms with van der Waals surface area (Å²) in [5.41, 5.74) is 3.87. The van der Waals surface area contributed by atoms with Gasteiger partial charge in [0.2, 0.25) is 11.8 Å². The van der Waals surface area contributed by atoms with Gasteiger partial charge in [0.15, 0.2) is 0 Å². The molecule has 0 unspecified atom stereocenters. The van der Waals surface area contributed by atoms with E-state index in [0.29, 0.717) is 18.9 Å². The summed E-state index contributed by atoms with van der Waals surface area (Å²) >= 11 is 0. The molecule has 0 fully saturated rings. The maximum atomic E-state index is 12.5. The molecule has 1 atom stereocenters. The van der Waals surface area contributed by atoms with Crippen LogP contribution in [0.1, 0.15) is 51.3 Å². The summed E-state index contributed by atoms with van der Waals surface area (Å²) < 4.78 is 0. The highest BCUT2D eigenvalue weighted by atomic mass is 16.2. The van der Waals surface area contributed by atoms with Crippen LogP contribution in [0.4, 0.5) is 11.4 Å². The third-order valence-corrected chi connectivity index (χ3v) is 4.93. The maximum absolute atomic E-state index is 12.5. The van der Waals surface area contributed by atoms with Crippen molar-refractivity contribution < 1.29 is 9.59 Å². The zero-order valence-electron chi connectivity index (χ0n) is 18.4. The number of carbonyl (C=O) groups is 2. The number of rotatable bonds is 8. The molecule has 0 bridgehead atoms. The zero-order valence-corrected chi connectivity index (χ0v) is 18.4. The summed E-state index contributed by atoms with van der Waals surface area (Å²) in [4.78, 5) is 28.5. The molecule has 29 heavy (non-hydrogen) atoms. The number of benzene rings is 2. The first-order valence-electron chi connectivity index (χ1n) is 10.1. The smallest absolute Gasteiger partial charge is 0.224 e. The monoisotopic (exact) mass is 395 g/mol. The van der Waals surface area contributed by atoms with Gasteiger partial charge in [-0.1, -0.05) is 44.2 Å². The highest BCUT2D eigenvalue weighted by Gasteiger charge is 2.21. The lowest BCUT2D eigenvalue weighted by molar-refractivity contribution is -0.131. The molecule has 0 aliphatic carbocycles. The van der Waals surface area contributed by atoms with Crippen molar-refractivity contribution in [3.05, 3.63) is 59.7 Å². The SMILES string of the molecule is CC(=O)N(Cc1cc(NC(=O)CC(C)C)ccc1N(C)C)[C@@H](C)c1ccccc1. The molecule has 156 valence electrons. The predicted octanol–water partition coefficient (Wildman–Crippen LogP) is 4.85. The number of nitrogens with zero attached hydrogens (tertiary/aromatic N) is 2. The number of nitrogens with one attached hydrogen (secondary N) is 1.